The van der Waals surface area contributed by atoms with Gasteiger partial charge in [0.2, 0.25) is 0 Å². The molecule has 0 unspecified atom stereocenters. The smallest absolute Gasteiger partial charge is 0.307 e. The van der Waals surface area contributed by atoms with Crippen LogP contribution < -0.4 is 0 Å². The van der Waals surface area contributed by atoms with E-state index in [4.69, 9.17) is 5.11 Å². The predicted molar refractivity (Wildman–Crippen MR) is 53.0 cm³/mol. The van der Waals surface area contributed by atoms with Gasteiger partial charge < -0.3 is 5.11 Å². The first-order valence-corrected chi connectivity index (χ1v) is 4.86. The quantitative estimate of drug-likeness (QED) is 0.866. The first-order valence-electron chi connectivity index (χ1n) is 4.07. The molecule has 0 fully saturated rings. The summed E-state index contributed by atoms with van der Waals surface area (Å²) >= 11 is 3.07. The second-order valence-electron chi connectivity index (χ2n) is 2.98. The first-order chi connectivity index (χ1) is 6.93. The van der Waals surface area contributed by atoms with Gasteiger partial charge in [0.1, 0.15) is 4.60 Å². The van der Waals surface area contributed by atoms with Crippen molar-refractivity contribution < 1.29 is 18.7 Å². The zero-order valence-electron chi connectivity index (χ0n) is 7.80. The van der Waals surface area contributed by atoms with Gasteiger partial charge in [-0.2, -0.15) is 0 Å². The SMILES string of the molecule is Cc1c(Br)ncc(C(F)F)c1CC(=O)O. The monoisotopic (exact) mass is 279 g/mol. The number of carboxylic acid groups (broad SMARTS) is 1. The average Bonchev–Trinajstić information content (AvgIpc) is 2.12. The molecule has 15 heavy (non-hydrogen) atoms. The molecule has 0 atom stereocenters. The maximum absolute atomic E-state index is 12.5. The van der Waals surface area contributed by atoms with E-state index in [9.17, 15) is 13.6 Å². The van der Waals surface area contributed by atoms with Crippen LogP contribution in [0.4, 0.5) is 8.78 Å². The molecule has 0 aliphatic rings. The summed E-state index contributed by atoms with van der Waals surface area (Å²) in [4.78, 5) is 14.2. The van der Waals surface area contributed by atoms with Crippen molar-refractivity contribution in [2.45, 2.75) is 19.8 Å². The standard InChI is InChI=1S/C9H8BrF2NO2/c1-4-5(2-7(14)15)6(9(11)12)3-13-8(4)10/h3,9H,2H2,1H3,(H,14,15). The van der Waals surface area contributed by atoms with E-state index in [0.717, 1.165) is 6.20 Å². The Morgan fingerprint density at radius 1 is 1.67 bits per heavy atom. The van der Waals surface area contributed by atoms with E-state index in [1.165, 1.54) is 0 Å². The Hall–Kier alpha value is -1.04. The summed E-state index contributed by atoms with van der Waals surface area (Å²) in [5.41, 5.74) is 0.243. The maximum Gasteiger partial charge on any atom is 0.307 e. The lowest BCUT2D eigenvalue weighted by atomic mass is 10.0. The molecule has 3 nitrogen and oxygen atoms in total. The molecule has 0 saturated carbocycles. The topological polar surface area (TPSA) is 50.2 Å². The molecule has 1 heterocycles. The van der Waals surface area contributed by atoms with Crippen LogP contribution in [0.2, 0.25) is 0 Å². The highest BCUT2D eigenvalue weighted by atomic mass is 79.9. The van der Waals surface area contributed by atoms with Crippen molar-refractivity contribution in [3.63, 3.8) is 0 Å². The fraction of sp³-hybridized carbons (Fsp3) is 0.333. The number of rotatable bonds is 3. The van der Waals surface area contributed by atoms with Crippen molar-refractivity contribution >= 4 is 21.9 Å². The molecule has 0 aliphatic carbocycles. The summed E-state index contributed by atoms with van der Waals surface area (Å²) in [5, 5.41) is 8.61. The van der Waals surface area contributed by atoms with Crippen LogP contribution >= 0.6 is 15.9 Å². The highest BCUT2D eigenvalue weighted by molar-refractivity contribution is 9.10. The largest absolute Gasteiger partial charge is 0.481 e. The Balaban J connectivity index is 3.28. The van der Waals surface area contributed by atoms with Gasteiger partial charge in [-0.3, -0.25) is 4.79 Å². The van der Waals surface area contributed by atoms with Crippen molar-refractivity contribution in [1.82, 2.24) is 4.98 Å². The lowest BCUT2D eigenvalue weighted by Gasteiger charge is -2.10. The lowest BCUT2D eigenvalue weighted by Crippen LogP contribution is -2.07. The van der Waals surface area contributed by atoms with Crippen LogP contribution in [0.1, 0.15) is 23.1 Å². The van der Waals surface area contributed by atoms with Crippen LogP contribution in [0.25, 0.3) is 0 Å². The van der Waals surface area contributed by atoms with Crippen LogP contribution in [-0.4, -0.2) is 16.1 Å². The summed E-state index contributed by atoms with van der Waals surface area (Å²) in [6, 6.07) is 0. The second-order valence-corrected chi connectivity index (χ2v) is 3.73. The Bertz CT molecular complexity index is 396. The van der Waals surface area contributed by atoms with Gasteiger partial charge in [0.15, 0.2) is 0 Å². The number of hydrogen-bond donors (Lipinski definition) is 1. The Morgan fingerprint density at radius 2 is 2.27 bits per heavy atom. The minimum absolute atomic E-state index is 0.124. The Labute approximate surface area is 93.3 Å². The second kappa shape index (κ2) is 4.65. The van der Waals surface area contributed by atoms with E-state index in [1.54, 1.807) is 6.92 Å². The third-order valence-corrected chi connectivity index (χ3v) is 2.79. The van der Waals surface area contributed by atoms with Gasteiger partial charge >= 0.3 is 5.97 Å². The number of aliphatic carboxylic acids is 1. The number of halogens is 3. The van der Waals surface area contributed by atoms with Gasteiger partial charge in [-0.05, 0) is 34.0 Å². The van der Waals surface area contributed by atoms with E-state index in [1.807, 2.05) is 0 Å². The summed E-state index contributed by atoms with van der Waals surface area (Å²) in [5.74, 6) is -1.14. The average molecular weight is 280 g/mol. The first kappa shape index (κ1) is 12.0. The van der Waals surface area contributed by atoms with Crippen LogP contribution in [0.3, 0.4) is 0 Å². The van der Waals surface area contributed by atoms with Crippen LogP contribution in [0, 0.1) is 6.92 Å². The molecule has 1 aromatic rings. The minimum Gasteiger partial charge on any atom is -0.481 e. The molecule has 82 valence electrons. The summed E-state index contributed by atoms with van der Waals surface area (Å²) in [7, 11) is 0. The van der Waals surface area contributed by atoms with Crippen LogP contribution in [0.5, 0.6) is 0 Å². The van der Waals surface area contributed by atoms with Crippen molar-refractivity contribution in [2.24, 2.45) is 0 Å². The van der Waals surface area contributed by atoms with Crippen molar-refractivity contribution in [3.05, 3.63) is 27.5 Å². The fourth-order valence-electron chi connectivity index (χ4n) is 1.22. The molecule has 0 saturated heterocycles. The number of pyridine rings is 1. The molecule has 1 rings (SSSR count). The van der Waals surface area contributed by atoms with Crippen LogP contribution in [0.15, 0.2) is 10.8 Å². The van der Waals surface area contributed by atoms with E-state index in [-0.39, 0.29) is 11.1 Å². The van der Waals surface area contributed by atoms with Gasteiger partial charge in [-0.1, -0.05) is 0 Å². The molecule has 0 amide bonds. The molecule has 0 aromatic carbocycles. The maximum atomic E-state index is 12.5. The highest BCUT2D eigenvalue weighted by Gasteiger charge is 2.19. The summed E-state index contributed by atoms with van der Waals surface area (Å²) in [6.45, 7) is 1.56. The van der Waals surface area contributed by atoms with E-state index in [0.29, 0.717) is 10.2 Å². The van der Waals surface area contributed by atoms with Crippen molar-refractivity contribution in [3.8, 4) is 0 Å². The molecule has 0 radical (unpaired) electrons. The Morgan fingerprint density at radius 3 is 2.73 bits per heavy atom. The third kappa shape index (κ3) is 2.71. The zero-order valence-corrected chi connectivity index (χ0v) is 9.38. The van der Waals surface area contributed by atoms with Gasteiger partial charge in [0, 0.05) is 11.8 Å². The van der Waals surface area contributed by atoms with Gasteiger partial charge in [-0.15, -0.1) is 0 Å². The van der Waals surface area contributed by atoms with Gasteiger partial charge in [-0.25, -0.2) is 13.8 Å². The van der Waals surface area contributed by atoms with Crippen LogP contribution in [-0.2, 0) is 11.2 Å². The number of carboxylic acids is 1. The molecular formula is C9H8BrF2NO2. The third-order valence-electron chi connectivity index (χ3n) is 1.99. The molecule has 0 aliphatic heterocycles. The van der Waals surface area contributed by atoms with E-state index in [2.05, 4.69) is 20.9 Å². The van der Waals surface area contributed by atoms with E-state index >= 15 is 0 Å². The number of carbonyl (C=O) groups is 1. The Kier molecular flexibility index (Phi) is 3.73. The molecule has 1 aromatic heterocycles. The minimum atomic E-state index is -2.71. The fourth-order valence-corrected chi connectivity index (χ4v) is 1.56. The summed E-state index contributed by atoms with van der Waals surface area (Å²) in [6.07, 6.45) is -2.13. The predicted octanol–water partition coefficient (Wildman–Crippen LogP) is 2.72. The molecule has 1 N–H and O–H groups in total. The van der Waals surface area contributed by atoms with Crippen molar-refractivity contribution in [2.75, 3.05) is 0 Å². The summed E-state index contributed by atoms with van der Waals surface area (Å²) < 4.78 is 25.5. The normalized spacial score (nSPS) is 10.7. The molecular weight excluding hydrogens is 272 g/mol. The van der Waals surface area contributed by atoms with Crippen molar-refractivity contribution in [1.29, 1.82) is 0 Å². The number of aromatic nitrogens is 1. The molecule has 0 bridgehead atoms. The zero-order chi connectivity index (χ0) is 11.6. The molecule has 6 heteroatoms. The lowest BCUT2D eigenvalue weighted by molar-refractivity contribution is -0.136. The number of hydrogen-bond acceptors (Lipinski definition) is 2. The van der Waals surface area contributed by atoms with E-state index < -0.39 is 18.8 Å². The highest BCUT2D eigenvalue weighted by Crippen LogP contribution is 2.28. The number of nitrogens with zero attached hydrogens (tertiary/aromatic N) is 1. The van der Waals surface area contributed by atoms with Gasteiger partial charge in [0.05, 0.1) is 6.42 Å². The molecule has 0 spiro atoms. The number of alkyl halides is 2. The van der Waals surface area contributed by atoms with Gasteiger partial charge in [0.25, 0.3) is 6.43 Å².